The summed E-state index contributed by atoms with van der Waals surface area (Å²) in [6, 6.07) is 24.0. The molecule has 4 aromatic heterocycles. The fourth-order valence-corrected chi connectivity index (χ4v) is 4.53. The van der Waals surface area contributed by atoms with Gasteiger partial charge in [0.1, 0.15) is 39.6 Å². The first kappa shape index (κ1) is 18.2. The Balaban J connectivity index is 1.38. The summed E-state index contributed by atoms with van der Waals surface area (Å²) in [6.07, 6.45) is 0. The van der Waals surface area contributed by atoms with Crippen LogP contribution < -0.4 is 4.74 Å². The van der Waals surface area contributed by atoms with Gasteiger partial charge in [0.05, 0.1) is 7.11 Å². The minimum atomic E-state index is 0.479. The molecule has 0 amide bonds. The molecule has 0 N–H and O–H groups in total. The smallest absolute Gasteiger partial charge is 0.284 e. The second-order valence-electron chi connectivity index (χ2n) is 8.20. The largest absolute Gasteiger partial charge is 0.468 e. The lowest BCUT2D eigenvalue weighted by Crippen LogP contribution is -1.76. The van der Waals surface area contributed by atoms with Gasteiger partial charge in [-0.15, -0.1) is 0 Å². The van der Waals surface area contributed by atoms with Crippen LogP contribution in [0.1, 0.15) is 5.76 Å². The van der Waals surface area contributed by atoms with Gasteiger partial charge in [-0.2, -0.15) is 0 Å². The summed E-state index contributed by atoms with van der Waals surface area (Å²) in [5.41, 5.74) is 5.19. The minimum absolute atomic E-state index is 0.479. The van der Waals surface area contributed by atoms with Crippen molar-refractivity contribution in [1.29, 1.82) is 0 Å². The first-order valence-corrected chi connectivity index (χ1v) is 10.7. The maximum Gasteiger partial charge on any atom is 0.284 e. The normalized spacial score (nSPS) is 11.9. The van der Waals surface area contributed by atoms with Crippen LogP contribution in [-0.2, 0) is 0 Å². The molecule has 0 saturated heterocycles. The molecule has 0 spiro atoms. The molecule has 0 aliphatic carbocycles. The highest BCUT2D eigenvalue weighted by Gasteiger charge is 2.16. The van der Waals surface area contributed by atoms with Gasteiger partial charge in [0.15, 0.2) is 0 Å². The van der Waals surface area contributed by atoms with Crippen molar-refractivity contribution in [2.75, 3.05) is 7.11 Å². The van der Waals surface area contributed by atoms with Gasteiger partial charge < -0.3 is 22.4 Å². The van der Waals surface area contributed by atoms with Crippen LogP contribution in [0.2, 0.25) is 0 Å². The molecule has 160 valence electrons. The van der Waals surface area contributed by atoms with Gasteiger partial charge >= 0.3 is 0 Å². The Morgan fingerprint density at radius 2 is 1.06 bits per heavy atom. The van der Waals surface area contributed by atoms with E-state index in [0.717, 1.165) is 72.3 Å². The summed E-state index contributed by atoms with van der Waals surface area (Å²) in [5.74, 6) is 2.93. The average Bonchev–Trinajstić information content (AvgIpc) is 3.60. The molecule has 0 unspecified atom stereocenters. The van der Waals surface area contributed by atoms with Gasteiger partial charge in [-0.25, -0.2) is 0 Å². The van der Waals surface area contributed by atoms with Crippen LogP contribution in [-0.4, -0.2) is 7.11 Å². The molecule has 0 aliphatic heterocycles. The van der Waals surface area contributed by atoms with Crippen molar-refractivity contribution >= 4 is 43.9 Å². The molecule has 7 aromatic rings. The highest BCUT2D eigenvalue weighted by molar-refractivity contribution is 6.15. The average molecular weight is 434 g/mol. The minimum Gasteiger partial charge on any atom is -0.468 e. The van der Waals surface area contributed by atoms with E-state index in [2.05, 4.69) is 30.3 Å². The predicted octanol–water partition coefficient (Wildman–Crippen LogP) is 8.32. The Morgan fingerprint density at radius 1 is 0.515 bits per heavy atom. The third-order valence-corrected chi connectivity index (χ3v) is 6.16. The fourth-order valence-electron chi connectivity index (χ4n) is 4.53. The zero-order valence-corrected chi connectivity index (χ0v) is 18.0. The number of benzene rings is 3. The number of ether oxygens (including phenoxy) is 1. The topological polar surface area (TPSA) is 61.8 Å². The quantitative estimate of drug-likeness (QED) is 0.280. The van der Waals surface area contributed by atoms with E-state index in [1.54, 1.807) is 13.2 Å². The maximum atomic E-state index is 6.24. The molecule has 5 nitrogen and oxygen atoms in total. The summed E-state index contributed by atoms with van der Waals surface area (Å²) in [4.78, 5) is 0. The van der Waals surface area contributed by atoms with Crippen LogP contribution >= 0.6 is 0 Å². The Bertz CT molecular complexity index is 1820. The summed E-state index contributed by atoms with van der Waals surface area (Å²) < 4.78 is 29.1. The van der Waals surface area contributed by atoms with Crippen molar-refractivity contribution in [1.82, 2.24) is 0 Å². The van der Waals surface area contributed by atoms with Crippen molar-refractivity contribution in [2.45, 2.75) is 6.92 Å². The number of fused-ring (bicyclic) bond motifs is 6. The first-order valence-electron chi connectivity index (χ1n) is 10.7. The maximum absolute atomic E-state index is 6.24. The number of methoxy groups -OCH3 is 1. The standard InChI is InChI=1S/C28H18O5/c1-15-3-8-22(30-15)16-4-6-18-20-13-27-21(14-26(20)31-24(18)11-16)19-7-5-17(12-25(19)32-27)23-9-10-28(29-2)33-23/h3-14H,1-2H3. The van der Waals surface area contributed by atoms with Gasteiger partial charge in [0.2, 0.25) is 0 Å². The number of furan rings is 4. The number of rotatable bonds is 3. The van der Waals surface area contributed by atoms with Crippen LogP contribution in [0.25, 0.3) is 66.5 Å². The Morgan fingerprint density at radius 3 is 1.58 bits per heavy atom. The molecule has 0 atom stereocenters. The lowest BCUT2D eigenvalue weighted by atomic mass is 10.1. The van der Waals surface area contributed by atoms with Gasteiger partial charge in [0, 0.05) is 38.7 Å². The molecule has 4 heterocycles. The molecular weight excluding hydrogens is 416 g/mol. The zero-order chi connectivity index (χ0) is 22.1. The second kappa shape index (κ2) is 6.56. The van der Waals surface area contributed by atoms with Crippen molar-refractivity contribution in [2.24, 2.45) is 0 Å². The monoisotopic (exact) mass is 434 g/mol. The molecule has 0 saturated carbocycles. The molecule has 5 heteroatoms. The van der Waals surface area contributed by atoms with Gasteiger partial charge in [-0.3, -0.25) is 0 Å². The van der Waals surface area contributed by atoms with E-state index in [-0.39, 0.29) is 0 Å². The van der Waals surface area contributed by atoms with Crippen molar-refractivity contribution in [3.63, 3.8) is 0 Å². The second-order valence-corrected chi connectivity index (χ2v) is 8.20. The fraction of sp³-hybridized carbons (Fsp3) is 0.0714. The Kier molecular flexibility index (Phi) is 3.62. The summed E-state index contributed by atoms with van der Waals surface area (Å²) >= 11 is 0. The molecular formula is C28H18O5. The third-order valence-electron chi connectivity index (χ3n) is 6.16. The Hall–Kier alpha value is -4.38. The molecule has 33 heavy (non-hydrogen) atoms. The van der Waals surface area contributed by atoms with E-state index in [1.165, 1.54) is 0 Å². The van der Waals surface area contributed by atoms with E-state index < -0.39 is 0 Å². The molecule has 0 fully saturated rings. The van der Waals surface area contributed by atoms with E-state index in [9.17, 15) is 0 Å². The number of hydrogen-bond acceptors (Lipinski definition) is 5. The van der Waals surface area contributed by atoms with Crippen molar-refractivity contribution in [3.05, 3.63) is 78.6 Å². The summed E-state index contributed by atoms with van der Waals surface area (Å²) in [7, 11) is 1.59. The molecule has 0 bridgehead atoms. The van der Waals surface area contributed by atoms with Crippen LogP contribution in [0.3, 0.4) is 0 Å². The van der Waals surface area contributed by atoms with Crippen LogP contribution in [0, 0.1) is 6.92 Å². The van der Waals surface area contributed by atoms with Gasteiger partial charge in [-0.1, -0.05) is 12.1 Å². The van der Waals surface area contributed by atoms with Crippen molar-refractivity contribution < 1.29 is 22.4 Å². The van der Waals surface area contributed by atoms with Crippen LogP contribution in [0.5, 0.6) is 5.95 Å². The summed E-state index contributed by atoms with van der Waals surface area (Å²) in [5, 5.41) is 4.11. The van der Waals surface area contributed by atoms with Crippen molar-refractivity contribution in [3.8, 4) is 28.6 Å². The van der Waals surface area contributed by atoms with E-state index >= 15 is 0 Å². The Labute approximate surface area is 187 Å². The lowest BCUT2D eigenvalue weighted by Gasteiger charge is -1.97. The third kappa shape index (κ3) is 2.72. The number of hydrogen-bond donors (Lipinski definition) is 0. The first-order chi connectivity index (χ1) is 16.2. The van der Waals surface area contributed by atoms with Gasteiger partial charge in [-0.05, 0) is 61.5 Å². The predicted molar refractivity (Wildman–Crippen MR) is 128 cm³/mol. The zero-order valence-electron chi connectivity index (χ0n) is 18.0. The van der Waals surface area contributed by atoms with E-state index in [1.807, 2.05) is 43.3 Å². The van der Waals surface area contributed by atoms with Gasteiger partial charge in [0.25, 0.3) is 5.95 Å². The molecule has 0 aliphatic rings. The van der Waals surface area contributed by atoms with Crippen LogP contribution in [0.15, 0.2) is 90.5 Å². The van der Waals surface area contributed by atoms with Crippen LogP contribution in [0.4, 0.5) is 0 Å². The lowest BCUT2D eigenvalue weighted by molar-refractivity contribution is 0.309. The molecule has 7 rings (SSSR count). The van der Waals surface area contributed by atoms with E-state index in [0.29, 0.717) is 5.95 Å². The van der Waals surface area contributed by atoms with E-state index in [4.69, 9.17) is 22.4 Å². The SMILES string of the molecule is COc1ccc(-c2ccc3c(c2)oc2cc4c(cc23)oc2cc(-c3ccc(C)o3)ccc24)o1. The highest BCUT2D eigenvalue weighted by atomic mass is 16.6. The molecule has 3 aromatic carbocycles. The highest BCUT2D eigenvalue weighted by Crippen LogP contribution is 2.39. The molecule has 0 radical (unpaired) electrons. The summed E-state index contributed by atoms with van der Waals surface area (Å²) in [6.45, 7) is 1.94. The number of aryl methyl sites for hydroxylation is 1.